The predicted octanol–water partition coefficient (Wildman–Crippen LogP) is 2.56. The number of aryl methyl sites for hydroxylation is 1. The van der Waals surface area contributed by atoms with Gasteiger partial charge < -0.3 is 4.90 Å². The second kappa shape index (κ2) is 6.96. The average Bonchev–Trinajstić information content (AvgIpc) is 3.26. The molecule has 1 fully saturated rings. The van der Waals surface area contributed by atoms with E-state index in [0.29, 0.717) is 24.7 Å². The number of aromatic nitrogens is 3. The molecular formula is C19H19ClN4O2. The molecule has 1 atom stereocenters. The van der Waals surface area contributed by atoms with E-state index < -0.39 is 0 Å². The molecule has 1 aromatic carbocycles. The maximum absolute atomic E-state index is 12.5. The van der Waals surface area contributed by atoms with Crippen LogP contribution in [0.5, 0.6) is 0 Å². The van der Waals surface area contributed by atoms with E-state index in [1.807, 2.05) is 35.2 Å². The number of hydrogen-bond acceptors (Lipinski definition) is 3. The zero-order chi connectivity index (χ0) is 18.1. The first-order chi connectivity index (χ1) is 12.6. The molecule has 0 aliphatic carbocycles. The Bertz CT molecular complexity index is 993. The molecule has 1 unspecified atom stereocenters. The monoisotopic (exact) mass is 370 g/mol. The van der Waals surface area contributed by atoms with Crippen LogP contribution < -0.4 is 5.69 Å². The summed E-state index contributed by atoms with van der Waals surface area (Å²) in [6.45, 7) is 1.74. The highest BCUT2D eigenvalue weighted by atomic mass is 35.5. The van der Waals surface area contributed by atoms with Gasteiger partial charge in [-0.05, 0) is 36.2 Å². The Morgan fingerprint density at radius 3 is 2.77 bits per heavy atom. The van der Waals surface area contributed by atoms with Crippen molar-refractivity contribution in [3.63, 3.8) is 0 Å². The fourth-order valence-corrected chi connectivity index (χ4v) is 3.59. The third-order valence-electron chi connectivity index (χ3n) is 4.91. The largest absolute Gasteiger partial charge is 0.350 e. The molecule has 7 heteroatoms. The average molecular weight is 371 g/mol. The van der Waals surface area contributed by atoms with Crippen molar-refractivity contribution in [1.82, 2.24) is 19.1 Å². The number of halogens is 1. The number of nitrogens with zero attached hydrogens (tertiary/aromatic N) is 4. The topological polar surface area (TPSA) is 59.6 Å². The number of pyridine rings is 1. The van der Waals surface area contributed by atoms with Gasteiger partial charge in [-0.3, -0.25) is 9.20 Å². The highest BCUT2D eigenvalue weighted by Gasteiger charge is 2.27. The van der Waals surface area contributed by atoms with Crippen LogP contribution in [0.25, 0.3) is 5.65 Å². The number of carbonyl (C=O) groups is 1. The molecule has 6 nitrogen and oxygen atoms in total. The molecule has 3 aromatic rings. The van der Waals surface area contributed by atoms with Gasteiger partial charge in [-0.25, -0.2) is 9.48 Å². The highest BCUT2D eigenvalue weighted by molar-refractivity contribution is 6.30. The highest BCUT2D eigenvalue weighted by Crippen LogP contribution is 2.28. The number of benzene rings is 1. The van der Waals surface area contributed by atoms with Crippen molar-refractivity contribution in [2.75, 3.05) is 13.1 Å². The molecule has 4 rings (SSSR count). The third-order valence-corrected chi connectivity index (χ3v) is 5.16. The number of amides is 1. The standard InChI is InChI=1S/C19H19ClN4O2/c20-16-6-4-14(5-7-16)15-8-11-22(13-15)18(25)9-12-24-19(26)23-10-2-1-3-17(23)21-24/h1-7,10,15H,8-9,11-13H2. The molecule has 0 radical (unpaired) electrons. The minimum atomic E-state index is -0.214. The first kappa shape index (κ1) is 16.8. The number of carbonyl (C=O) groups excluding carboxylic acids is 1. The van der Waals surface area contributed by atoms with Crippen LogP contribution in [0.15, 0.2) is 53.5 Å². The molecule has 134 valence electrons. The van der Waals surface area contributed by atoms with E-state index in [9.17, 15) is 9.59 Å². The van der Waals surface area contributed by atoms with Gasteiger partial charge in [0.2, 0.25) is 5.91 Å². The second-order valence-electron chi connectivity index (χ2n) is 6.56. The van der Waals surface area contributed by atoms with Crippen molar-refractivity contribution < 1.29 is 4.79 Å². The van der Waals surface area contributed by atoms with Gasteiger partial charge in [0.05, 0.1) is 6.54 Å². The van der Waals surface area contributed by atoms with E-state index in [0.717, 1.165) is 18.0 Å². The molecule has 0 bridgehead atoms. The van der Waals surface area contributed by atoms with E-state index in [1.165, 1.54) is 14.6 Å². The number of likely N-dealkylation sites (tertiary alicyclic amines) is 1. The van der Waals surface area contributed by atoms with Crippen molar-refractivity contribution in [1.29, 1.82) is 0 Å². The van der Waals surface area contributed by atoms with Crippen LogP contribution in [0.1, 0.15) is 24.3 Å². The summed E-state index contributed by atoms with van der Waals surface area (Å²) in [5.41, 5.74) is 1.59. The van der Waals surface area contributed by atoms with Crippen LogP contribution in [-0.4, -0.2) is 38.1 Å². The van der Waals surface area contributed by atoms with Gasteiger partial charge in [-0.15, -0.1) is 5.10 Å². The second-order valence-corrected chi connectivity index (χ2v) is 7.00. The number of hydrogen-bond donors (Lipinski definition) is 0. The lowest BCUT2D eigenvalue weighted by molar-refractivity contribution is -0.130. The van der Waals surface area contributed by atoms with Crippen LogP contribution >= 0.6 is 11.6 Å². The summed E-state index contributed by atoms with van der Waals surface area (Å²) in [6, 6.07) is 13.2. The maximum atomic E-state index is 12.5. The van der Waals surface area contributed by atoms with Gasteiger partial charge in [0.1, 0.15) is 0 Å². The molecular weight excluding hydrogens is 352 g/mol. The molecule has 1 aliphatic rings. The van der Waals surface area contributed by atoms with Crippen molar-refractivity contribution in [2.24, 2.45) is 0 Å². The van der Waals surface area contributed by atoms with Crippen molar-refractivity contribution >= 4 is 23.2 Å². The number of rotatable bonds is 4. The first-order valence-corrected chi connectivity index (χ1v) is 9.07. The van der Waals surface area contributed by atoms with E-state index in [1.54, 1.807) is 18.3 Å². The lowest BCUT2D eigenvalue weighted by Gasteiger charge is -2.16. The zero-order valence-electron chi connectivity index (χ0n) is 14.2. The Balaban J connectivity index is 1.38. The van der Waals surface area contributed by atoms with Crippen LogP contribution in [0.3, 0.4) is 0 Å². The Morgan fingerprint density at radius 2 is 2.00 bits per heavy atom. The van der Waals surface area contributed by atoms with Gasteiger partial charge in [-0.2, -0.15) is 0 Å². The molecule has 1 saturated heterocycles. The Hall–Kier alpha value is -2.60. The molecule has 0 N–H and O–H groups in total. The maximum Gasteiger partial charge on any atom is 0.350 e. The predicted molar refractivity (Wildman–Crippen MR) is 99.5 cm³/mol. The third kappa shape index (κ3) is 3.24. The SMILES string of the molecule is O=C(CCn1nc2ccccn2c1=O)N1CCC(c2ccc(Cl)cc2)C1. The van der Waals surface area contributed by atoms with Gasteiger partial charge in [0, 0.05) is 36.6 Å². The summed E-state index contributed by atoms with van der Waals surface area (Å²) in [5, 5.41) is 4.99. The zero-order valence-corrected chi connectivity index (χ0v) is 15.0. The summed E-state index contributed by atoms with van der Waals surface area (Å²) in [4.78, 5) is 26.7. The fraction of sp³-hybridized carbons (Fsp3) is 0.316. The van der Waals surface area contributed by atoms with Crippen LogP contribution in [0.4, 0.5) is 0 Å². The Morgan fingerprint density at radius 1 is 1.19 bits per heavy atom. The molecule has 3 heterocycles. The smallest absolute Gasteiger partial charge is 0.342 e. The first-order valence-electron chi connectivity index (χ1n) is 8.69. The van der Waals surface area contributed by atoms with Crippen LogP contribution in [-0.2, 0) is 11.3 Å². The molecule has 0 saturated carbocycles. The summed E-state index contributed by atoms with van der Waals surface area (Å²) < 4.78 is 2.84. The molecule has 0 spiro atoms. The molecule has 1 amide bonds. The quantitative estimate of drug-likeness (QED) is 0.709. The minimum absolute atomic E-state index is 0.0606. The molecule has 26 heavy (non-hydrogen) atoms. The lowest BCUT2D eigenvalue weighted by atomic mass is 9.99. The normalized spacial score (nSPS) is 17.1. The van der Waals surface area contributed by atoms with E-state index in [-0.39, 0.29) is 18.0 Å². The molecule has 1 aliphatic heterocycles. The fourth-order valence-electron chi connectivity index (χ4n) is 3.47. The van der Waals surface area contributed by atoms with Crippen molar-refractivity contribution in [2.45, 2.75) is 25.3 Å². The van der Waals surface area contributed by atoms with Crippen molar-refractivity contribution in [3.8, 4) is 0 Å². The van der Waals surface area contributed by atoms with Gasteiger partial charge >= 0.3 is 5.69 Å². The summed E-state index contributed by atoms with van der Waals surface area (Å²) >= 11 is 5.94. The summed E-state index contributed by atoms with van der Waals surface area (Å²) in [5.74, 6) is 0.402. The minimum Gasteiger partial charge on any atom is -0.342 e. The van der Waals surface area contributed by atoms with Gasteiger partial charge in [0.15, 0.2) is 5.65 Å². The van der Waals surface area contributed by atoms with Crippen LogP contribution in [0.2, 0.25) is 5.02 Å². The Kier molecular flexibility index (Phi) is 4.51. The summed E-state index contributed by atoms with van der Waals surface area (Å²) in [6.07, 6.45) is 2.90. The van der Waals surface area contributed by atoms with E-state index in [2.05, 4.69) is 5.10 Å². The van der Waals surface area contributed by atoms with Gasteiger partial charge in [-0.1, -0.05) is 29.8 Å². The van der Waals surface area contributed by atoms with E-state index >= 15 is 0 Å². The van der Waals surface area contributed by atoms with Gasteiger partial charge in [0.25, 0.3) is 0 Å². The Labute approximate surface area is 155 Å². The number of fused-ring (bicyclic) bond motifs is 1. The van der Waals surface area contributed by atoms with Crippen LogP contribution in [0, 0.1) is 0 Å². The van der Waals surface area contributed by atoms with Crippen molar-refractivity contribution in [3.05, 3.63) is 69.7 Å². The summed E-state index contributed by atoms with van der Waals surface area (Å²) in [7, 11) is 0. The molecule has 2 aromatic heterocycles. The van der Waals surface area contributed by atoms with E-state index in [4.69, 9.17) is 11.6 Å². The lowest BCUT2D eigenvalue weighted by Crippen LogP contribution is -2.31.